The largest absolute Gasteiger partial charge is 0.508 e. The molecule has 80 valence electrons. The zero-order valence-electron chi connectivity index (χ0n) is 8.60. The maximum atomic E-state index is 10.7. The highest BCUT2D eigenvalue weighted by Gasteiger charge is 2.15. The maximum Gasteiger partial charge on any atom is 0.304 e. The number of aliphatic carboxylic acids is 1. The molecule has 0 unspecified atom stereocenters. The van der Waals surface area contributed by atoms with Crippen molar-refractivity contribution >= 4 is 5.97 Å². The predicted octanol–water partition coefficient (Wildman–Crippen LogP) is 2.53. The highest BCUT2D eigenvalue weighted by Crippen LogP contribution is 2.27. The quantitative estimate of drug-likeness (QED) is 0.744. The molecule has 3 heteroatoms. The Morgan fingerprint density at radius 2 is 1.93 bits per heavy atom. The zero-order valence-corrected chi connectivity index (χ0v) is 8.60. The second-order valence-corrected chi connectivity index (χ2v) is 3.59. The van der Waals surface area contributed by atoms with Gasteiger partial charge in [0, 0.05) is 5.92 Å². The molecule has 0 heterocycles. The van der Waals surface area contributed by atoms with Gasteiger partial charge in [0.2, 0.25) is 0 Å². The minimum Gasteiger partial charge on any atom is -0.508 e. The summed E-state index contributed by atoms with van der Waals surface area (Å²) in [6.07, 6.45) is 0.0279. The van der Waals surface area contributed by atoms with E-state index in [2.05, 4.69) is 6.58 Å². The third kappa shape index (κ3) is 3.13. The van der Waals surface area contributed by atoms with Crippen LogP contribution in [0.1, 0.15) is 24.8 Å². The molecule has 0 aromatic heterocycles. The van der Waals surface area contributed by atoms with Gasteiger partial charge in [-0.15, -0.1) is 0 Å². The van der Waals surface area contributed by atoms with Crippen molar-refractivity contribution in [1.82, 2.24) is 0 Å². The first-order chi connectivity index (χ1) is 7.00. The molecule has 1 atom stereocenters. The normalized spacial score (nSPS) is 12.1. The molecule has 2 N–H and O–H groups in total. The lowest BCUT2D eigenvalue weighted by Gasteiger charge is -2.15. The molecule has 0 radical (unpaired) electrons. The molecule has 1 rings (SSSR count). The first-order valence-corrected chi connectivity index (χ1v) is 4.67. The lowest BCUT2D eigenvalue weighted by Crippen LogP contribution is -2.06. The lowest BCUT2D eigenvalue weighted by molar-refractivity contribution is -0.137. The van der Waals surface area contributed by atoms with Gasteiger partial charge in [-0.05, 0) is 24.6 Å². The summed E-state index contributed by atoms with van der Waals surface area (Å²) in [6, 6.07) is 6.54. The van der Waals surface area contributed by atoms with Gasteiger partial charge < -0.3 is 10.2 Å². The molecule has 0 aliphatic rings. The maximum absolute atomic E-state index is 10.7. The van der Waals surface area contributed by atoms with Crippen LogP contribution < -0.4 is 0 Å². The molecule has 0 spiro atoms. The Morgan fingerprint density at radius 1 is 1.40 bits per heavy atom. The number of carbonyl (C=O) groups is 1. The van der Waals surface area contributed by atoms with E-state index >= 15 is 0 Å². The predicted molar refractivity (Wildman–Crippen MR) is 57.9 cm³/mol. The van der Waals surface area contributed by atoms with E-state index in [1.165, 1.54) is 0 Å². The van der Waals surface area contributed by atoms with Crippen LogP contribution in [0.15, 0.2) is 36.4 Å². The van der Waals surface area contributed by atoms with Crippen LogP contribution >= 0.6 is 0 Å². The number of carboxylic acid groups (broad SMARTS) is 1. The van der Waals surface area contributed by atoms with Gasteiger partial charge >= 0.3 is 5.97 Å². The minimum absolute atomic E-state index is 0.0279. The molecule has 0 amide bonds. The molecule has 0 saturated heterocycles. The number of carboxylic acids is 1. The van der Waals surface area contributed by atoms with E-state index in [-0.39, 0.29) is 18.1 Å². The molecular weight excluding hydrogens is 192 g/mol. The average molecular weight is 206 g/mol. The van der Waals surface area contributed by atoms with Gasteiger partial charge in [-0.3, -0.25) is 4.79 Å². The SMILES string of the molecule is C=C(C)[C@H](CC(=O)O)c1ccc(O)cc1. The third-order valence-electron chi connectivity index (χ3n) is 2.27. The van der Waals surface area contributed by atoms with Crippen LogP contribution in [0.5, 0.6) is 5.75 Å². The molecule has 1 aromatic carbocycles. The van der Waals surface area contributed by atoms with Crippen LogP contribution in [-0.4, -0.2) is 16.2 Å². The molecule has 15 heavy (non-hydrogen) atoms. The molecule has 0 bridgehead atoms. The topological polar surface area (TPSA) is 57.5 Å². The molecule has 3 nitrogen and oxygen atoms in total. The number of benzene rings is 1. The van der Waals surface area contributed by atoms with Crippen molar-refractivity contribution in [2.75, 3.05) is 0 Å². The van der Waals surface area contributed by atoms with Crippen LogP contribution in [0.25, 0.3) is 0 Å². The Labute approximate surface area is 88.7 Å². The van der Waals surface area contributed by atoms with Gasteiger partial charge in [0.25, 0.3) is 0 Å². The molecule has 0 fully saturated rings. The van der Waals surface area contributed by atoms with Crippen molar-refractivity contribution < 1.29 is 15.0 Å². The molecule has 0 aliphatic carbocycles. The highest BCUT2D eigenvalue weighted by atomic mass is 16.4. The molecular formula is C12H14O3. The summed E-state index contributed by atoms with van der Waals surface area (Å²) in [5.41, 5.74) is 1.67. The molecule has 0 saturated carbocycles. The van der Waals surface area contributed by atoms with E-state index in [0.717, 1.165) is 11.1 Å². The number of allylic oxidation sites excluding steroid dienone is 1. The third-order valence-corrected chi connectivity index (χ3v) is 2.27. The number of hydrogen-bond acceptors (Lipinski definition) is 2. The van der Waals surface area contributed by atoms with Crippen LogP contribution in [0.2, 0.25) is 0 Å². The second kappa shape index (κ2) is 4.64. The number of hydrogen-bond donors (Lipinski definition) is 2. The van der Waals surface area contributed by atoms with Crippen molar-refractivity contribution in [2.45, 2.75) is 19.3 Å². The summed E-state index contributed by atoms with van der Waals surface area (Å²) in [4.78, 5) is 10.7. The fraction of sp³-hybridized carbons (Fsp3) is 0.250. The Hall–Kier alpha value is -1.77. The standard InChI is InChI=1S/C12H14O3/c1-8(2)11(7-12(14)15)9-3-5-10(13)6-4-9/h3-6,11,13H,1,7H2,2H3,(H,14,15)/t11-/m0/s1. The van der Waals surface area contributed by atoms with Gasteiger partial charge in [0.05, 0.1) is 6.42 Å². The fourth-order valence-corrected chi connectivity index (χ4v) is 1.46. The summed E-state index contributed by atoms with van der Waals surface area (Å²) in [5, 5.41) is 17.9. The van der Waals surface area contributed by atoms with Crippen molar-refractivity contribution in [1.29, 1.82) is 0 Å². The van der Waals surface area contributed by atoms with Crippen LogP contribution in [0, 0.1) is 0 Å². The van der Waals surface area contributed by atoms with E-state index in [1.54, 1.807) is 31.2 Å². The lowest BCUT2D eigenvalue weighted by atomic mass is 9.90. The Morgan fingerprint density at radius 3 is 2.33 bits per heavy atom. The molecule has 1 aromatic rings. The van der Waals surface area contributed by atoms with Crippen molar-refractivity contribution in [2.24, 2.45) is 0 Å². The Balaban J connectivity index is 2.94. The minimum atomic E-state index is -0.851. The van der Waals surface area contributed by atoms with Crippen molar-refractivity contribution in [3.05, 3.63) is 42.0 Å². The van der Waals surface area contributed by atoms with E-state index in [1.807, 2.05) is 0 Å². The summed E-state index contributed by atoms with van der Waals surface area (Å²) >= 11 is 0. The van der Waals surface area contributed by atoms with E-state index in [4.69, 9.17) is 10.2 Å². The Bertz CT molecular complexity index is 365. The zero-order chi connectivity index (χ0) is 11.4. The van der Waals surface area contributed by atoms with Crippen LogP contribution in [-0.2, 0) is 4.79 Å². The summed E-state index contributed by atoms with van der Waals surface area (Å²) in [6.45, 7) is 5.59. The van der Waals surface area contributed by atoms with E-state index < -0.39 is 5.97 Å². The monoisotopic (exact) mass is 206 g/mol. The first-order valence-electron chi connectivity index (χ1n) is 4.67. The van der Waals surface area contributed by atoms with Crippen LogP contribution in [0.3, 0.4) is 0 Å². The summed E-state index contributed by atoms with van der Waals surface area (Å²) in [7, 11) is 0. The van der Waals surface area contributed by atoms with E-state index in [0.29, 0.717) is 0 Å². The van der Waals surface area contributed by atoms with Gasteiger partial charge in [-0.2, -0.15) is 0 Å². The first kappa shape index (κ1) is 11.3. The number of phenols is 1. The number of phenolic OH excluding ortho intramolecular Hbond substituents is 1. The number of rotatable bonds is 4. The molecule has 0 aliphatic heterocycles. The fourth-order valence-electron chi connectivity index (χ4n) is 1.46. The van der Waals surface area contributed by atoms with Gasteiger partial charge in [0.15, 0.2) is 0 Å². The van der Waals surface area contributed by atoms with E-state index in [9.17, 15) is 4.79 Å². The van der Waals surface area contributed by atoms with Gasteiger partial charge in [-0.1, -0.05) is 24.3 Å². The summed E-state index contributed by atoms with van der Waals surface area (Å²) < 4.78 is 0. The van der Waals surface area contributed by atoms with Gasteiger partial charge in [-0.25, -0.2) is 0 Å². The van der Waals surface area contributed by atoms with Crippen LogP contribution in [0.4, 0.5) is 0 Å². The van der Waals surface area contributed by atoms with Crippen molar-refractivity contribution in [3.63, 3.8) is 0 Å². The number of aromatic hydroxyl groups is 1. The summed E-state index contributed by atoms with van der Waals surface area (Å²) in [5.74, 6) is -0.867. The smallest absolute Gasteiger partial charge is 0.304 e. The second-order valence-electron chi connectivity index (χ2n) is 3.59. The van der Waals surface area contributed by atoms with Gasteiger partial charge in [0.1, 0.15) is 5.75 Å². The highest BCUT2D eigenvalue weighted by molar-refractivity contribution is 5.68. The average Bonchev–Trinajstić information content (AvgIpc) is 2.15. The Kier molecular flexibility index (Phi) is 3.50. The van der Waals surface area contributed by atoms with Crippen molar-refractivity contribution in [3.8, 4) is 5.75 Å².